The number of rotatable bonds is 3. The Bertz CT molecular complexity index is 869. The minimum atomic E-state index is -5.59. The maximum Gasteiger partial charge on any atom is 0.491 e. The predicted octanol–water partition coefficient (Wildman–Crippen LogP) is 2.91. The van der Waals surface area contributed by atoms with E-state index in [4.69, 9.17) is 4.74 Å². The van der Waals surface area contributed by atoms with Crippen LogP contribution in [0.25, 0.3) is 0 Å². The number of nitrogens with one attached hydrogen (secondary N) is 1. The van der Waals surface area contributed by atoms with Crippen LogP contribution in [0.5, 0.6) is 5.88 Å². The smallest absolute Gasteiger partial charge is 0.401 e. The highest BCUT2D eigenvalue weighted by atomic mass is 19.4. The van der Waals surface area contributed by atoms with Gasteiger partial charge in [-0.3, -0.25) is 0 Å². The maximum atomic E-state index is 12.8. The lowest BCUT2D eigenvalue weighted by atomic mass is 9.92. The van der Waals surface area contributed by atoms with Crippen molar-refractivity contribution in [3.63, 3.8) is 0 Å². The summed E-state index contributed by atoms with van der Waals surface area (Å²) in [6.45, 7) is 4.16. The van der Waals surface area contributed by atoms with Crippen molar-refractivity contribution >= 4 is 17.8 Å². The standard InChI is InChI=1S/C19H21F6N3O5/c1-10-5-11(2)8-28(7-10)13-4-3-12-6-26-9-17(31-14(12)27-13,32-15(29)18(20,21)22)33-16(30)19(23,24)25/h3-4,10-11,26H,5-9H2,1-2H3. The zero-order valence-corrected chi connectivity index (χ0v) is 17.5. The van der Waals surface area contributed by atoms with E-state index < -0.39 is 42.7 Å². The second-order valence-corrected chi connectivity index (χ2v) is 8.15. The molecule has 1 aromatic heterocycles. The van der Waals surface area contributed by atoms with Gasteiger partial charge in [0.15, 0.2) is 0 Å². The molecule has 1 fully saturated rings. The van der Waals surface area contributed by atoms with Gasteiger partial charge in [-0.1, -0.05) is 13.8 Å². The summed E-state index contributed by atoms with van der Waals surface area (Å²) >= 11 is 0. The number of nitrogens with zero attached hydrogens (tertiary/aromatic N) is 2. The van der Waals surface area contributed by atoms with E-state index in [1.807, 2.05) is 18.7 Å². The summed E-state index contributed by atoms with van der Waals surface area (Å²) < 4.78 is 90.1. The molecule has 2 unspecified atom stereocenters. The van der Waals surface area contributed by atoms with Gasteiger partial charge < -0.3 is 24.4 Å². The lowest BCUT2D eigenvalue weighted by molar-refractivity contribution is -0.331. The Morgan fingerprint density at radius 3 is 2.12 bits per heavy atom. The summed E-state index contributed by atoms with van der Waals surface area (Å²) in [6, 6.07) is 3.15. The lowest BCUT2D eigenvalue weighted by Gasteiger charge is -2.36. The number of piperidine rings is 1. The van der Waals surface area contributed by atoms with Crippen LogP contribution < -0.4 is 15.0 Å². The molecule has 0 spiro atoms. The highest BCUT2D eigenvalue weighted by Crippen LogP contribution is 2.33. The van der Waals surface area contributed by atoms with Crippen LogP contribution in [0.3, 0.4) is 0 Å². The number of carbonyl (C=O) groups is 2. The van der Waals surface area contributed by atoms with E-state index >= 15 is 0 Å². The van der Waals surface area contributed by atoms with Crippen molar-refractivity contribution in [2.24, 2.45) is 11.8 Å². The van der Waals surface area contributed by atoms with E-state index in [1.54, 1.807) is 6.07 Å². The van der Waals surface area contributed by atoms with Gasteiger partial charge in [-0.25, -0.2) is 9.59 Å². The Morgan fingerprint density at radius 1 is 1.06 bits per heavy atom. The van der Waals surface area contributed by atoms with Crippen LogP contribution in [0, 0.1) is 11.8 Å². The normalized spacial score (nSPS) is 23.1. The predicted molar refractivity (Wildman–Crippen MR) is 98.8 cm³/mol. The number of halogens is 6. The van der Waals surface area contributed by atoms with Gasteiger partial charge in [-0.2, -0.15) is 31.3 Å². The van der Waals surface area contributed by atoms with Crippen molar-refractivity contribution in [1.29, 1.82) is 0 Å². The van der Waals surface area contributed by atoms with Crippen LogP contribution >= 0.6 is 0 Å². The van der Waals surface area contributed by atoms with Crippen molar-refractivity contribution in [3.8, 4) is 5.88 Å². The van der Waals surface area contributed by atoms with Crippen molar-refractivity contribution in [2.45, 2.75) is 45.1 Å². The number of aromatic nitrogens is 1. The molecule has 0 aliphatic carbocycles. The maximum absolute atomic E-state index is 12.8. The molecule has 3 heterocycles. The van der Waals surface area contributed by atoms with Crippen LogP contribution in [0.15, 0.2) is 12.1 Å². The van der Waals surface area contributed by atoms with Crippen LogP contribution in [0.4, 0.5) is 32.2 Å². The third kappa shape index (κ3) is 5.97. The molecule has 0 saturated carbocycles. The molecule has 0 radical (unpaired) electrons. The number of esters is 2. The molecule has 14 heteroatoms. The Balaban J connectivity index is 1.96. The first kappa shape index (κ1) is 24.9. The van der Waals surface area contributed by atoms with Crippen molar-refractivity contribution in [3.05, 3.63) is 17.7 Å². The summed E-state index contributed by atoms with van der Waals surface area (Å²) in [5.41, 5.74) is 0.241. The van der Waals surface area contributed by atoms with Gasteiger partial charge in [-0.05, 0) is 30.4 Å². The molecule has 33 heavy (non-hydrogen) atoms. The average molecular weight is 485 g/mol. The summed E-state index contributed by atoms with van der Waals surface area (Å²) in [6.07, 6.45) is -10.2. The molecule has 184 valence electrons. The van der Waals surface area contributed by atoms with E-state index in [1.165, 1.54) is 6.07 Å². The highest BCUT2D eigenvalue weighted by Gasteiger charge is 2.55. The van der Waals surface area contributed by atoms with Gasteiger partial charge in [0.25, 0.3) is 0 Å². The van der Waals surface area contributed by atoms with Crippen LogP contribution in [0.1, 0.15) is 25.8 Å². The minimum absolute atomic E-state index is 0.121. The number of fused-ring (bicyclic) bond motifs is 1. The zero-order valence-electron chi connectivity index (χ0n) is 17.5. The molecular formula is C19H21F6N3O5. The number of hydrogen-bond acceptors (Lipinski definition) is 8. The molecule has 2 aliphatic heterocycles. The quantitative estimate of drug-likeness (QED) is 0.397. The number of ether oxygens (including phenoxy) is 3. The zero-order chi connectivity index (χ0) is 24.6. The van der Waals surface area contributed by atoms with Gasteiger partial charge in [0.2, 0.25) is 5.88 Å². The van der Waals surface area contributed by atoms with Gasteiger partial charge >= 0.3 is 30.3 Å². The van der Waals surface area contributed by atoms with Gasteiger partial charge in [0.05, 0.1) is 0 Å². The number of alkyl halides is 6. The van der Waals surface area contributed by atoms with Gasteiger partial charge in [0, 0.05) is 25.2 Å². The van der Waals surface area contributed by atoms with Crippen LogP contribution in [-0.2, 0) is 25.6 Å². The molecule has 1 aromatic rings. The first-order valence-electron chi connectivity index (χ1n) is 9.93. The largest absolute Gasteiger partial charge is 0.491 e. The number of hydrogen-bond donors (Lipinski definition) is 1. The Hall–Kier alpha value is -2.77. The number of pyridine rings is 1. The molecule has 8 nitrogen and oxygen atoms in total. The topological polar surface area (TPSA) is 90.0 Å². The van der Waals surface area contributed by atoms with E-state index in [0.29, 0.717) is 30.7 Å². The molecule has 1 saturated heterocycles. The van der Waals surface area contributed by atoms with E-state index in [2.05, 4.69) is 19.8 Å². The van der Waals surface area contributed by atoms with Crippen molar-refractivity contribution < 1.29 is 50.1 Å². The Labute approximate surface area is 184 Å². The first-order valence-corrected chi connectivity index (χ1v) is 9.93. The molecule has 2 aliphatic rings. The Morgan fingerprint density at radius 2 is 1.61 bits per heavy atom. The van der Waals surface area contributed by atoms with Crippen LogP contribution in [-0.4, -0.2) is 54.9 Å². The SMILES string of the molecule is CC1CC(C)CN(c2ccc3c(n2)OC(OC(=O)C(F)(F)F)(OC(=O)C(F)(F)F)CNC3)C1. The van der Waals surface area contributed by atoms with Crippen LogP contribution in [0.2, 0.25) is 0 Å². The molecule has 3 rings (SSSR count). The molecular weight excluding hydrogens is 464 g/mol. The van der Waals surface area contributed by atoms with E-state index in [0.717, 1.165) is 6.42 Å². The van der Waals surface area contributed by atoms with Gasteiger partial charge in [-0.15, -0.1) is 0 Å². The van der Waals surface area contributed by atoms with Gasteiger partial charge in [0.1, 0.15) is 12.4 Å². The molecule has 0 aromatic carbocycles. The lowest BCUT2D eigenvalue weighted by Crippen LogP contribution is -2.55. The number of carbonyl (C=O) groups excluding carboxylic acids is 2. The van der Waals surface area contributed by atoms with Crippen molar-refractivity contribution in [1.82, 2.24) is 10.3 Å². The second kappa shape index (κ2) is 8.88. The van der Waals surface area contributed by atoms with E-state index in [-0.39, 0.29) is 12.1 Å². The third-order valence-corrected chi connectivity index (χ3v) is 4.99. The summed E-state index contributed by atoms with van der Waals surface area (Å²) in [7, 11) is 0. The average Bonchev–Trinajstić information content (AvgIpc) is 2.84. The second-order valence-electron chi connectivity index (χ2n) is 8.15. The minimum Gasteiger partial charge on any atom is -0.401 e. The Kier molecular flexibility index (Phi) is 6.69. The molecule has 2 atom stereocenters. The monoisotopic (exact) mass is 485 g/mol. The summed E-state index contributed by atoms with van der Waals surface area (Å²) in [4.78, 5) is 29.0. The third-order valence-electron chi connectivity index (χ3n) is 4.99. The van der Waals surface area contributed by atoms with Crippen molar-refractivity contribution in [2.75, 3.05) is 24.5 Å². The number of anilines is 1. The summed E-state index contributed by atoms with van der Waals surface area (Å²) in [5.74, 6) is -8.65. The molecule has 0 bridgehead atoms. The molecule has 1 N–H and O–H groups in total. The highest BCUT2D eigenvalue weighted by molar-refractivity contribution is 5.78. The van der Waals surface area contributed by atoms with E-state index in [9.17, 15) is 35.9 Å². The fraction of sp³-hybridized carbons (Fsp3) is 0.632. The fourth-order valence-electron chi connectivity index (χ4n) is 3.78. The fourth-order valence-corrected chi connectivity index (χ4v) is 3.78. The molecule has 0 amide bonds. The first-order chi connectivity index (χ1) is 15.2. The summed E-state index contributed by atoms with van der Waals surface area (Å²) in [5, 5.41) is 2.45.